The van der Waals surface area contributed by atoms with Crippen LogP contribution in [0.3, 0.4) is 0 Å². The number of nitrogens with zero attached hydrogens (tertiary/aromatic N) is 1. The summed E-state index contributed by atoms with van der Waals surface area (Å²) in [7, 11) is 0. The molecule has 0 bridgehead atoms. The average molecular weight is 270 g/mol. The lowest BCUT2D eigenvalue weighted by Crippen LogP contribution is -2.19. The van der Waals surface area contributed by atoms with Crippen LogP contribution in [0.4, 0.5) is 0 Å². The number of carbonyl (C=O) groups is 1. The lowest BCUT2D eigenvalue weighted by Gasteiger charge is -2.02. The maximum Gasteiger partial charge on any atom is 0.240 e. The molecular formula is C16H18N2O2. The molecule has 0 aliphatic carbocycles. The lowest BCUT2D eigenvalue weighted by atomic mass is 10.1. The smallest absolute Gasteiger partial charge is 0.240 e. The maximum absolute atomic E-state index is 11.7. The highest BCUT2D eigenvalue weighted by Gasteiger charge is 2.04. The zero-order valence-electron chi connectivity index (χ0n) is 11.7. The molecule has 0 aliphatic rings. The summed E-state index contributed by atoms with van der Waals surface area (Å²) in [5.41, 5.74) is 4.35. The van der Waals surface area contributed by atoms with Crippen molar-refractivity contribution in [3.63, 3.8) is 0 Å². The molecule has 0 fully saturated rings. The Morgan fingerprint density at radius 2 is 1.95 bits per heavy atom. The molecule has 2 rings (SSSR count). The minimum Gasteiger partial charge on any atom is -0.460 e. The quantitative estimate of drug-likeness (QED) is 0.670. The van der Waals surface area contributed by atoms with Gasteiger partial charge in [0.05, 0.1) is 0 Å². The van der Waals surface area contributed by atoms with Crippen molar-refractivity contribution in [1.29, 1.82) is 0 Å². The molecule has 1 aromatic carbocycles. The zero-order chi connectivity index (χ0) is 14.4. The summed E-state index contributed by atoms with van der Waals surface area (Å²) < 4.78 is 5.42. The van der Waals surface area contributed by atoms with Crippen LogP contribution in [0.1, 0.15) is 30.4 Å². The first-order valence-corrected chi connectivity index (χ1v) is 6.59. The maximum atomic E-state index is 11.7. The fourth-order valence-corrected chi connectivity index (χ4v) is 1.79. The number of benzene rings is 1. The molecule has 0 saturated heterocycles. The minimum atomic E-state index is -0.100. The molecule has 4 nitrogen and oxygen atoms in total. The van der Waals surface area contributed by atoms with E-state index in [1.54, 1.807) is 6.92 Å². The van der Waals surface area contributed by atoms with Crippen LogP contribution < -0.4 is 5.43 Å². The molecule has 1 N–H and O–H groups in total. The minimum absolute atomic E-state index is 0.100. The highest BCUT2D eigenvalue weighted by molar-refractivity contribution is 5.96. The van der Waals surface area contributed by atoms with E-state index >= 15 is 0 Å². The van der Waals surface area contributed by atoms with E-state index in [0.29, 0.717) is 24.3 Å². The van der Waals surface area contributed by atoms with Crippen LogP contribution in [-0.2, 0) is 11.2 Å². The van der Waals surface area contributed by atoms with Crippen LogP contribution in [-0.4, -0.2) is 11.6 Å². The molecule has 0 unspecified atom stereocenters. The van der Waals surface area contributed by atoms with Gasteiger partial charge in [0.1, 0.15) is 17.2 Å². The molecule has 20 heavy (non-hydrogen) atoms. The summed E-state index contributed by atoms with van der Waals surface area (Å²) >= 11 is 0. The highest BCUT2D eigenvalue weighted by Crippen LogP contribution is 2.07. The molecule has 0 spiro atoms. The average Bonchev–Trinajstić information content (AvgIpc) is 2.90. The standard InChI is InChI=1S/C16H18N2O2/c1-12-8-10-15(20-12)13(2)17-18-16(19)11-9-14-6-4-3-5-7-14/h3-8,10H,9,11H2,1-2H3,(H,18,19). The molecule has 1 aromatic heterocycles. The monoisotopic (exact) mass is 270 g/mol. The molecule has 2 aromatic rings. The van der Waals surface area contributed by atoms with Crippen LogP contribution >= 0.6 is 0 Å². The SMILES string of the molecule is CC(=NNC(=O)CCc1ccccc1)c1ccc(C)o1. The van der Waals surface area contributed by atoms with Crippen molar-refractivity contribution in [2.75, 3.05) is 0 Å². The number of aryl methyl sites for hydroxylation is 2. The van der Waals surface area contributed by atoms with Crippen LogP contribution in [0.25, 0.3) is 0 Å². The summed E-state index contributed by atoms with van der Waals surface area (Å²) in [4.78, 5) is 11.7. The van der Waals surface area contributed by atoms with Crippen molar-refractivity contribution in [3.05, 3.63) is 59.5 Å². The van der Waals surface area contributed by atoms with Gasteiger partial charge in [0, 0.05) is 6.42 Å². The summed E-state index contributed by atoms with van der Waals surface area (Å²) in [6.07, 6.45) is 1.12. The largest absolute Gasteiger partial charge is 0.460 e. The Kier molecular flexibility index (Phi) is 4.71. The van der Waals surface area contributed by atoms with Crippen LogP contribution in [0.2, 0.25) is 0 Å². The molecule has 0 atom stereocenters. The van der Waals surface area contributed by atoms with E-state index in [1.165, 1.54) is 0 Å². The molecular weight excluding hydrogens is 252 g/mol. The second kappa shape index (κ2) is 6.70. The number of carbonyl (C=O) groups excluding carboxylic acids is 1. The summed E-state index contributed by atoms with van der Waals surface area (Å²) in [6.45, 7) is 3.67. The molecule has 4 heteroatoms. The lowest BCUT2D eigenvalue weighted by molar-refractivity contribution is -0.121. The third-order valence-corrected chi connectivity index (χ3v) is 2.93. The van der Waals surface area contributed by atoms with Crippen LogP contribution in [0.5, 0.6) is 0 Å². The number of amides is 1. The van der Waals surface area contributed by atoms with Gasteiger partial charge in [-0.2, -0.15) is 5.10 Å². The summed E-state index contributed by atoms with van der Waals surface area (Å²) in [5, 5.41) is 4.04. The molecule has 0 saturated carbocycles. The Morgan fingerprint density at radius 3 is 2.60 bits per heavy atom. The van der Waals surface area contributed by atoms with Gasteiger partial charge < -0.3 is 4.42 Å². The van der Waals surface area contributed by atoms with Gasteiger partial charge >= 0.3 is 0 Å². The van der Waals surface area contributed by atoms with Crippen molar-refractivity contribution < 1.29 is 9.21 Å². The number of hydrazone groups is 1. The topological polar surface area (TPSA) is 54.6 Å². The Labute approximate surface area is 118 Å². The fourth-order valence-electron chi connectivity index (χ4n) is 1.79. The molecule has 1 heterocycles. The van der Waals surface area contributed by atoms with Gasteiger partial charge in [-0.3, -0.25) is 4.79 Å². The first-order valence-electron chi connectivity index (χ1n) is 6.59. The predicted molar refractivity (Wildman–Crippen MR) is 78.6 cm³/mol. The van der Waals surface area contributed by atoms with Crippen molar-refractivity contribution in [2.24, 2.45) is 5.10 Å². The summed E-state index contributed by atoms with van der Waals surface area (Å²) in [5.74, 6) is 1.40. The van der Waals surface area contributed by atoms with Gasteiger partial charge in [0.25, 0.3) is 0 Å². The van der Waals surface area contributed by atoms with Crippen molar-refractivity contribution in [1.82, 2.24) is 5.43 Å². The molecule has 0 aliphatic heterocycles. The van der Waals surface area contributed by atoms with Crippen LogP contribution in [0.15, 0.2) is 52.0 Å². The Morgan fingerprint density at radius 1 is 1.20 bits per heavy atom. The molecule has 0 radical (unpaired) electrons. The first kappa shape index (κ1) is 14.1. The second-order valence-corrected chi connectivity index (χ2v) is 4.63. The van der Waals surface area contributed by atoms with Gasteiger partial charge in [-0.05, 0) is 38.0 Å². The Balaban J connectivity index is 1.83. The van der Waals surface area contributed by atoms with Crippen molar-refractivity contribution in [3.8, 4) is 0 Å². The van der Waals surface area contributed by atoms with Crippen molar-refractivity contribution >= 4 is 11.6 Å². The third kappa shape index (κ3) is 4.09. The normalized spacial score (nSPS) is 11.4. The number of furan rings is 1. The van der Waals surface area contributed by atoms with E-state index in [2.05, 4.69) is 10.5 Å². The number of nitrogens with one attached hydrogen (secondary N) is 1. The summed E-state index contributed by atoms with van der Waals surface area (Å²) in [6, 6.07) is 13.6. The second-order valence-electron chi connectivity index (χ2n) is 4.63. The van der Waals surface area contributed by atoms with E-state index in [-0.39, 0.29) is 5.91 Å². The number of hydrogen-bond donors (Lipinski definition) is 1. The first-order chi connectivity index (χ1) is 9.65. The van der Waals surface area contributed by atoms with Gasteiger partial charge in [0.15, 0.2) is 0 Å². The highest BCUT2D eigenvalue weighted by atomic mass is 16.3. The Bertz CT molecular complexity index is 600. The van der Waals surface area contributed by atoms with E-state index in [9.17, 15) is 4.79 Å². The van der Waals surface area contributed by atoms with Crippen molar-refractivity contribution in [2.45, 2.75) is 26.7 Å². The number of hydrogen-bond acceptors (Lipinski definition) is 3. The number of rotatable bonds is 5. The fraction of sp³-hybridized carbons (Fsp3) is 0.250. The van der Waals surface area contributed by atoms with E-state index in [4.69, 9.17) is 4.42 Å². The van der Waals surface area contributed by atoms with E-state index in [1.807, 2.05) is 49.4 Å². The van der Waals surface area contributed by atoms with Crippen LogP contribution in [0, 0.1) is 6.92 Å². The van der Waals surface area contributed by atoms with Gasteiger partial charge in [0.2, 0.25) is 5.91 Å². The predicted octanol–water partition coefficient (Wildman–Crippen LogP) is 3.06. The van der Waals surface area contributed by atoms with Gasteiger partial charge in [-0.25, -0.2) is 5.43 Å². The van der Waals surface area contributed by atoms with E-state index < -0.39 is 0 Å². The van der Waals surface area contributed by atoms with E-state index in [0.717, 1.165) is 11.3 Å². The Hall–Kier alpha value is -2.36. The molecule has 104 valence electrons. The zero-order valence-corrected chi connectivity index (χ0v) is 11.7. The van der Waals surface area contributed by atoms with Gasteiger partial charge in [-0.15, -0.1) is 0 Å². The van der Waals surface area contributed by atoms with Gasteiger partial charge in [-0.1, -0.05) is 30.3 Å². The molecule has 1 amide bonds. The third-order valence-electron chi connectivity index (χ3n) is 2.93.